The molecule has 2 aromatic rings. The number of rotatable bonds is 16. The van der Waals surface area contributed by atoms with Crippen LogP contribution in [0.1, 0.15) is 12.8 Å². The van der Waals surface area contributed by atoms with E-state index in [1.54, 1.807) is 9.80 Å². The van der Waals surface area contributed by atoms with Crippen LogP contribution in [-0.2, 0) is 19.1 Å². The molecule has 0 unspecified atom stereocenters. The molecule has 0 saturated carbocycles. The van der Waals surface area contributed by atoms with Gasteiger partial charge in [-0.25, -0.2) is 23.2 Å². The van der Waals surface area contributed by atoms with Crippen LogP contribution in [0, 0.1) is 11.6 Å². The summed E-state index contributed by atoms with van der Waals surface area (Å²) in [6, 6.07) is 6.24. The summed E-state index contributed by atoms with van der Waals surface area (Å²) in [6.45, 7) is 1.41. The molecule has 0 aliphatic carbocycles. The number of hydrogen-bond donors (Lipinski definition) is 3. The van der Waals surface area contributed by atoms with E-state index in [0.717, 1.165) is 12.1 Å². The van der Waals surface area contributed by atoms with Crippen molar-refractivity contribution in [1.29, 1.82) is 0 Å². The molecular formula is C27H31Cl4F2N5O6. The molecule has 2 rings (SSSR count). The molecule has 0 saturated heterocycles. The van der Waals surface area contributed by atoms with Gasteiger partial charge in [0.25, 0.3) is 0 Å². The molecule has 0 aliphatic heterocycles. The number of nitrogens with one attached hydrogen (secondary N) is 2. The minimum atomic E-state index is -1.43. The SMILES string of the molecule is N[C@@H](CCC(=O)OC(=O)Nc1ccc(N(CCCl)CCCl)c(F)c1)C(=O)OC(=O)Nc1ccc(N(CCCl)CCCl)c(F)c1. The maximum Gasteiger partial charge on any atom is 0.419 e. The number of nitrogens with two attached hydrogens (primary N) is 1. The fraction of sp³-hybridized carbons (Fsp3) is 0.407. The van der Waals surface area contributed by atoms with E-state index in [-0.39, 0.29) is 52.7 Å². The first-order valence-electron chi connectivity index (χ1n) is 13.2. The lowest BCUT2D eigenvalue weighted by Crippen LogP contribution is -2.35. The van der Waals surface area contributed by atoms with Crippen LogP contribution in [0.25, 0.3) is 0 Å². The zero-order chi connectivity index (χ0) is 32.6. The average molecular weight is 701 g/mol. The van der Waals surface area contributed by atoms with Gasteiger partial charge in [0.05, 0.1) is 11.4 Å². The predicted octanol–water partition coefficient (Wildman–Crippen LogP) is 5.49. The second-order valence-electron chi connectivity index (χ2n) is 8.93. The molecule has 4 N–H and O–H groups in total. The van der Waals surface area contributed by atoms with Crippen LogP contribution in [0.2, 0.25) is 0 Å². The summed E-state index contributed by atoms with van der Waals surface area (Å²) in [5, 5.41) is 4.42. The van der Waals surface area contributed by atoms with Crippen LogP contribution in [-0.4, -0.2) is 79.9 Å². The summed E-state index contributed by atoms with van der Waals surface area (Å²) in [5.41, 5.74) is 6.15. The van der Waals surface area contributed by atoms with Gasteiger partial charge in [-0.05, 0) is 42.8 Å². The van der Waals surface area contributed by atoms with Gasteiger partial charge in [-0.15, -0.1) is 46.4 Å². The number of hydrogen-bond acceptors (Lipinski definition) is 9. The Kier molecular flexibility index (Phi) is 16.3. The molecule has 0 radical (unpaired) electrons. The summed E-state index contributed by atoms with van der Waals surface area (Å²) in [7, 11) is 0. The van der Waals surface area contributed by atoms with Gasteiger partial charge in [-0.3, -0.25) is 15.4 Å². The van der Waals surface area contributed by atoms with E-state index in [2.05, 4.69) is 20.1 Å². The highest BCUT2D eigenvalue weighted by atomic mass is 35.5. The summed E-state index contributed by atoms with van der Waals surface area (Å²) in [4.78, 5) is 51.6. The van der Waals surface area contributed by atoms with E-state index in [1.165, 1.54) is 24.3 Å². The number of anilines is 4. The Balaban J connectivity index is 1.82. The number of halogens is 6. The van der Waals surface area contributed by atoms with Crippen molar-refractivity contribution in [3.8, 4) is 0 Å². The first kappa shape index (κ1) is 37.1. The molecule has 1 atom stereocenters. The summed E-state index contributed by atoms with van der Waals surface area (Å²) in [5.74, 6) is -2.55. The summed E-state index contributed by atoms with van der Waals surface area (Å²) < 4.78 is 38.4. The molecule has 0 heterocycles. The lowest BCUT2D eigenvalue weighted by Gasteiger charge is -2.23. The summed E-state index contributed by atoms with van der Waals surface area (Å²) >= 11 is 23.0. The highest BCUT2D eigenvalue weighted by Gasteiger charge is 2.22. The van der Waals surface area contributed by atoms with Gasteiger partial charge in [0.2, 0.25) is 0 Å². The van der Waals surface area contributed by atoms with Gasteiger partial charge in [0, 0.05) is 67.5 Å². The number of nitrogens with zero attached hydrogens (tertiary/aromatic N) is 2. The van der Waals surface area contributed by atoms with Gasteiger partial charge in [-0.2, -0.15) is 0 Å². The van der Waals surface area contributed by atoms with Crippen molar-refractivity contribution in [2.75, 3.05) is 70.1 Å². The van der Waals surface area contributed by atoms with E-state index >= 15 is 0 Å². The maximum atomic E-state index is 14.6. The van der Waals surface area contributed by atoms with Crippen LogP contribution in [0.4, 0.5) is 41.1 Å². The van der Waals surface area contributed by atoms with Crippen molar-refractivity contribution in [2.45, 2.75) is 18.9 Å². The Hall–Kier alpha value is -3.10. The van der Waals surface area contributed by atoms with E-state index in [4.69, 9.17) is 52.1 Å². The zero-order valence-electron chi connectivity index (χ0n) is 23.3. The Morgan fingerprint density at radius 1 is 0.727 bits per heavy atom. The van der Waals surface area contributed by atoms with Crippen LogP contribution in [0.3, 0.4) is 0 Å². The number of benzene rings is 2. The quantitative estimate of drug-likeness (QED) is 0.118. The first-order valence-corrected chi connectivity index (χ1v) is 15.3. The van der Waals surface area contributed by atoms with Crippen molar-refractivity contribution in [3.05, 3.63) is 48.0 Å². The number of carbonyl (C=O) groups is 4. The molecular weight excluding hydrogens is 670 g/mol. The lowest BCUT2D eigenvalue weighted by molar-refractivity contribution is -0.139. The van der Waals surface area contributed by atoms with Crippen molar-refractivity contribution in [3.63, 3.8) is 0 Å². The standard InChI is InChI=1S/C27H31Cl4F2N5O6/c28-7-11-37(12-8-29)22-4-1-17(15-19(22)32)35-26(41)43-24(39)6-3-21(34)25(40)44-27(42)36-18-2-5-23(20(33)16-18)38(13-9-30)14-10-31/h1-2,4-5,15-16,21H,3,6-14,34H2,(H,35,41)(H,36,42)/t21-/m0/s1. The van der Waals surface area contributed by atoms with Gasteiger partial charge < -0.3 is 25.0 Å². The van der Waals surface area contributed by atoms with Crippen molar-refractivity contribution < 1.29 is 37.4 Å². The van der Waals surface area contributed by atoms with Crippen molar-refractivity contribution >= 4 is 93.3 Å². The van der Waals surface area contributed by atoms with Gasteiger partial charge >= 0.3 is 24.1 Å². The Labute approximate surface area is 272 Å². The van der Waals surface area contributed by atoms with Crippen LogP contribution < -0.4 is 26.2 Å². The van der Waals surface area contributed by atoms with Crippen molar-refractivity contribution in [2.24, 2.45) is 5.73 Å². The minimum absolute atomic E-state index is 0.00118. The van der Waals surface area contributed by atoms with E-state index < -0.39 is 48.2 Å². The lowest BCUT2D eigenvalue weighted by atomic mass is 10.2. The Bertz CT molecular complexity index is 1280. The normalized spacial score (nSPS) is 11.3. The van der Waals surface area contributed by atoms with E-state index in [1.807, 2.05) is 0 Å². The number of carbonyl (C=O) groups excluding carboxylic acids is 4. The van der Waals surface area contributed by atoms with Gasteiger partial charge in [0.15, 0.2) is 0 Å². The molecule has 0 aliphatic rings. The highest BCUT2D eigenvalue weighted by molar-refractivity contribution is 6.19. The molecule has 0 spiro atoms. The third-order valence-electron chi connectivity index (χ3n) is 5.85. The van der Waals surface area contributed by atoms with Crippen LogP contribution in [0.5, 0.6) is 0 Å². The molecule has 0 bridgehead atoms. The maximum absolute atomic E-state index is 14.6. The Morgan fingerprint density at radius 3 is 1.52 bits per heavy atom. The van der Waals surface area contributed by atoms with E-state index in [9.17, 15) is 28.0 Å². The van der Waals surface area contributed by atoms with Crippen LogP contribution >= 0.6 is 46.4 Å². The van der Waals surface area contributed by atoms with Crippen molar-refractivity contribution in [1.82, 2.24) is 0 Å². The topological polar surface area (TPSA) is 143 Å². The minimum Gasteiger partial charge on any atom is -0.376 e. The second kappa shape index (κ2) is 19.3. The molecule has 44 heavy (non-hydrogen) atoms. The molecule has 2 amide bonds. The summed E-state index contributed by atoms with van der Waals surface area (Å²) in [6.07, 6.45) is -3.25. The molecule has 0 fully saturated rings. The number of alkyl halides is 4. The predicted molar refractivity (Wildman–Crippen MR) is 168 cm³/mol. The van der Waals surface area contributed by atoms with Gasteiger partial charge in [0.1, 0.15) is 17.7 Å². The highest BCUT2D eigenvalue weighted by Crippen LogP contribution is 2.24. The zero-order valence-corrected chi connectivity index (χ0v) is 26.3. The van der Waals surface area contributed by atoms with Crippen LogP contribution in [0.15, 0.2) is 36.4 Å². The van der Waals surface area contributed by atoms with E-state index in [0.29, 0.717) is 26.2 Å². The number of ether oxygens (including phenoxy) is 2. The number of amides is 2. The molecule has 11 nitrogen and oxygen atoms in total. The largest absolute Gasteiger partial charge is 0.419 e. The molecule has 242 valence electrons. The fourth-order valence-electron chi connectivity index (χ4n) is 3.80. The second-order valence-corrected chi connectivity index (χ2v) is 10.4. The smallest absolute Gasteiger partial charge is 0.376 e. The van der Waals surface area contributed by atoms with Gasteiger partial charge in [-0.1, -0.05) is 0 Å². The average Bonchev–Trinajstić information content (AvgIpc) is 2.96. The third kappa shape index (κ3) is 12.1. The molecule has 0 aromatic heterocycles. The Morgan fingerprint density at radius 2 is 1.14 bits per heavy atom. The molecule has 2 aromatic carbocycles. The number of esters is 2. The molecule has 17 heteroatoms. The third-order valence-corrected chi connectivity index (χ3v) is 6.53. The first-order chi connectivity index (χ1) is 21.0. The monoisotopic (exact) mass is 699 g/mol. The fourth-order valence-corrected chi connectivity index (χ4v) is 4.61.